The molecule has 0 radical (unpaired) electrons. The van der Waals surface area contributed by atoms with E-state index in [1.807, 2.05) is 66.7 Å². The Morgan fingerprint density at radius 3 is 2.39 bits per heavy atom. The average molecular weight is 514 g/mol. The van der Waals surface area contributed by atoms with Crippen LogP contribution < -0.4 is 10.6 Å². The van der Waals surface area contributed by atoms with Gasteiger partial charge < -0.3 is 20.5 Å². The first-order chi connectivity index (χ1) is 18.5. The molecule has 38 heavy (non-hydrogen) atoms. The second-order valence-corrected chi connectivity index (χ2v) is 8.39. The molecule has 194 valence electrons. The normalized spacial score (nSPS) is 12.3. The molecule has 2 amide bonds. The van der Waals surface area contributed by atoms with Gasteiger partial charge in [0.25, 0.3) is 11.8 Å². The summed E-state index contributed by atoms with van der Waals surface area (Å²) in [6.45, 7) is -0.409. The van der Waals surface area contributed by atoms with Gasteiger partial charge in [-0.3, -0.25) is 14.4 Å². The minimum absolute atomic E-state index is 0.162. The van der Waals surface area contributed by atoms with Crippen LogP contribution in [0.3, 0.4) is 0 Å². The number of aromatic nitrogens is 3. The van der Waals surface area contributed by atoms with Crippen molar-refractivity contribution < 1.29 is 24.2 Å². The summed E-state index contributed by atoms with van der Waals surface area (Å²) in [6, 6.07) is 22.7. The first kappa shape index (κ1) is 26.2. The van der Waals surface area contributed by atoms with Crippen molar-refractivity contribution in [3.05, 3.63) is 102 Å². The van der Waals surface area contributed by atoms with E-state index in [1.54, 1.807) is 24.5 Å². The summed E-state index contributed by atoms with van der Waals surface area (Å²) in [5.41, 5.74) is 2.62. The second-order valence-electron chi connectivity index (χ2n) is 8.39. The first-order valence-electron chi connectivity index (χ1n) is 11.9. The molecule has 2 aromatic heterocycles. The van der Waals surface area contributed by atoms with Gasteiger partial charge in [0, 0.05) is 18.0 Å². The van der Waals surface area contributed by atoms with Crippen LogP contribution in [-0.2, 0) is 20.7 Å². The van der Waals surface area contributed by atoms with Crippen LogP contribution in [0.15, 0.2) is 91.3 Å². The maximum absolute atomic E-state index is 13.4. The third kappa shape index (κ3) is 6.48. The molecule has 0 bridgehead atoms. The predicted molar refractivity (Wildman–Crippen MR) is 139 cm³/mol. The molecule has 2 aromatic carbocycles. The van der Waals surface area contributed by atoms with E-state index < -0.39 is 36.5 Å². The topological polar surface area (TPSA) is 135 Å². The van der Waals surface area contributed by atoms with Gasteiger partial charge in [0.05, 0.1) is 24.4 Å². The number of carbonyl (C=O) groups is 3. The molecule has 0 aliphatic heterocycles. The van der Waals surface area contributed by atoms with Gasteiger partial charge in [-0.1, -0.05) is 60.7 Å². The van der Waals surface area contributed by atoms with Gasteiger partial charge in [0.1, 0.15) is 6.54 Å². The molecule has 0 saturated carbocycles. The molecule has 0 aliphatic carbocycles. The summed E-state index contributed by atoms with van der Waals surface area (Å²) < 4.78 is 6.03. The lowest BCUT2D eigenvalue weighted by atomic mass is 10.00. The quantitative estimate of drug-likeness (QED) is 0.276. The summed E-state index contributed by atoms with van der Waals surface area (Å²) >= 11 is 0. The smallest absolute Gasteiger partial charge is 0.325 e. The number of aliphatic hydroxyl groups excluding tert-OH is 1. The highest BCUT2D eigenvalue weighted by Crippen LogP contribution is 2.19. The molecule has 0 aliphatic rings. The van der Waals surface area contributed by atoms with Gasteiger partial charge in [-0.15, -0.1) is 0 Å². The number of ether oxygens (including phenoxy) is 1. The highest BCUT2D eigenvalue weighted by atomic mass is 16.5. The summed E-state index contributed by atoms with van der Waals surface area (Å²) in [5, 5.41) is 20.5. The molecule has 2 unspecified atom stereocenters. The first-order valence-corrected chi connectivity index (χ1v) is 11.9. The van der Waals surface area contributed by atoms with Crippen LogP contribution in [0.4, 0.5) is 0 Å². The Morgan fingerprint density at radius 2 is 1.68 bits per heavy atom. The summed E-state index contributed by atoms with van der Waals surface area (Å²) in [7, 11) is 1.19. The standard InChI is InChI=1S/C28H27N5O5/c1-38-24(34)18-30-28(37)25(35)23(17-19-9-4-2-5-10-19)31-27(36)21-13-8-15-29-26(21)33-16-14-22(32-33)20-11-6-3-7-12-20/h2-16,23,25,35H,17-18H2,1H3,(H,30,37)(H,31,36). The maximum Gasteiger partial charge on any atom is 0.325 e. The highest BCUT2D eigenvalue weighted by Gasteiger charge is 2.29. The summed E-state index contributed by atoms with van der Waals surface area (Å²) in [4.78, 5) is 41.8. The van der Waals surface area contributed by atoms with Crippen molar-refractivity contribution >= 4 is 17.8 Å². The van der Waals surface area contributed by atoms with E-state index in [0.29, 0.717) is 5.69 Å². The zero-order chi connectivity index (χ0) is 26.9. The van der Waals surface area contributed by atoms with Crippen LogP contribution in [0.2, 0.25) is 0 Å². The van der Waals surface area contributed by atoms with Crippen LogP contribution in [0.1, 0.15) is 15.9 Å². The van der Waals surface area contributed by atoms with Crippen molar-refractivity contribution in [3.8, 4) is 17.1 Å². The number of nitrogens with one attached hydrogen (secondary N) is 2. The molecule has 4 aromatic rings. The Kier molecular flexibility index (Phi) is 8.57. The van der Waals surface area contributed by atoms with Gasteiger partial charge in [-0.05, 0) is 30.2 Å². The monoisotopic (exact) mass is 513 g/mol. The van der Waals surface area contributed by atoms with Crippen LogP contribution in [0.25, 0.3) is 17.1 Å². The van der Waals surface area contributed by atoms with E-state index in [2.05, 4.69) is 25.5 Å². The molecule has 0 fully saturated rings. The van der Waals surface area contributed by atoms with Crippen LogP contribution in [0, 0.1) is 0 Å². The van der Waals surface area contributed by atoms with Crippen molar-refractivity contribution in [2.75, 3.05) is 13.7 Å². The second kappa shape index (κ2) is 12.4. The number of carbonyl (C=O) groups excluding carboxylic acids is 3. The average Bonchev–Trinajstić information content (AvgIpc) is 3.46. The molecule has 3 N–H and O–H groups in total. The third-order valence-corrected chi connectivity index (χ3v) is 5.81. The Bertz CT molecular complexity index is 1390. The van der Waals surface area contributed by atoms with Crippen molar-refractivity contribution in [2.45, 2.75) is 18.6 Å². The number of hydrogen-bond acceptors (Lipinski definition) is 7. The highest BCUT2D eigenvalue weighted by molar-refractivity contribution is 5.98. The molecule has 2 atom stereocenters. The van der Waals surface area contributed by atoms with Crippen molar-refractivity contribution in [2.24, 2.45) is 0 Å². The zero-order valence-electron chi connectivity index (χ0n) is 20.7. The number of benzene rings is 2. The molecule has 4 rings (SSSR count). The minimum atomic E-state index is -1.64. The fourth-order valence-electron chi connectivity index (χ4n) is 3.84. The van der Waals surface area contributed by atoms with E-state index >= 15 is 0 Å². The minimum Gasteiger partial charge on any atom is -0.468 e. The van der Waals surface area contributed by atoms with Gasteiger partial charge >= 0.3 is 5.97 Å². The lowest BCUT2D eigenvalue weighted by Gasteiger charge is -2.24. The number of hydrogen-bond donors (Lipinski definition) is 3. The van der Waals surface area contributed by atoms with Gasteiger partial charge in [-0.2, -0.15) is 5.10 Å². The van der Waals surface area contributed by atoms with E-state index in [1.165, 1.54) is 11.8 Å². The van der Waals surface area contributed by atoms with E-state index in [9.17, 15) is 19.5 Å². The summed E-state index contributed by atoms with van der Waals surface area (Å²) in [5.74, 6) is -1.74. The van der Waals surface area contributed by atoms with Crippen molar-refractivity contribution in [1.29, 1.82) is 0 Å². The lowest BCUT2D eigenvalue weighted by Crippen LogP contribution is -2.52. The number of amides is 2. The molecule has 2 heterocycles. The van der Waals surface area contributed by atoms with Gasteiger partial charge in [0.2, 0.25) is 0 Å². The number of methoxy groups -OCH3 is 1. The number of rotatable bonds is 10. The predicted octanol–water partition coefficient (Wildman–Crippen LogP) is 1.93. The number of nitrogens with zero attached hydrogens (tertiary/aromatic N) is 3. The Hall–Kier alpha value is -4.83. The Balaban J connectivity index is 1.57. The molecule has 10 nitrogen and oxygen atoms in total. The number of aliphatic hydroxyl groups is 1. The van der Waals surface area contributed by atoms with Crippen molar-refractivity contribution in [3.63, 3.8) is 0 Å². The largest absolute Gasteiger partial charge is 0.468 e. The fraction of sp³-hybridized carbons (Fsp3) is 0.179. The molecule has 0 saturated heterocycles. The number of pyridine rings is 1. The lowest BCUT2D eigenvalue weighted by molar-refractivity contribution is -0.142. The molecular formula is C28H27N5O5. The molecule has 10 heteroatoms. The van der Waals surface area contributed by atoms with Crippen molar-refractivity contribution in [1.82, 2.24) is 25.4 Å². The molecular weight excluding hydrogens is 486 g/mol. The van der Waals surface area contributed by atoms with Gasteiger partial charge in [0.15, 0.2) is 11.9 Å². The van der Waals surface area contributed by atoms with Crippen LogP contribution in [0.5, 0.6) is 0 Å². The van der Waals surface area contributed by atoms with Crippen LogP contribution in [-0.4, -0.2) is 63.5 Å². The van der Waals surface area contributed by atoms with Gasteiger partial charge in [-0.25, -0.2) is 9.67 Å². The third-order valence-electron chi connectivity index (χ3n) is 5.81. The van der Waals surface area contributed by atoms with E-state index in [0.717, 1.165) is 11.1 Å². The Labute approximate surface area is 219 Å². The van der Waals surface area contributed by atoms with Crippen LogP contribution >= 0.6 is 0 Å². The molecule has 0 spiro atoms. The summed E-state index contributed by atoms with van der Waals surface area (Å²) in [6.07, 6.45) is 1.78. The van der Waals surface area contributed by atoms with E-state index in [4.69, 9.17) is 0 Å². The SMILES string of the molecule is COC(=O)CNC(=O)C(O)C(Cc1ccccc1)NC(=O)c1cccnc1-n1ccc(-c2ccccc2)n1. The fourth-order valence-corrected chi connectivity index (χ4v) is 3.84. The Morgan fingerprint density at radius 1 is 0.974 bits per heavy atom. The maximum atomic E-state index is 13.4. The van der Waals surface area contributed by atoms with E-state index in [-0.39, 0.29) is 17.8 Å². The zero-order valence-corrected chi connectivity index (χ0v) is 20.7. The number of esters is 1.